The van der Waals surface area contributed by atoms with E-state index in [1.165, 1.54) is 0 Å². The van der Waals surface area contributed by atoms with Crippen molar-refractivity contribution in [3.05, 3.63) is 36.2 Å². The van der Waals surface area contributed by atoms with Gasteiger partial charge in [-0.1, -0.05) is 12.1 Å². The number of nitrogens with zero attached hydrogens (tertiary/aromatic N) is 3. The predicted molar refractivity (Wildman–Crippen MR) is 79.9 cm³/mol. The number of amides is 1. The standard InChI is InChI=1S/C16H19N3O2/c1-11(20)9-12-5-4-8-19(12)16(21)15-10-17-13-6-2-3-7-14(13)18-15/h2-3,6-7,10-12,20H,4-5,8-9H2,1H3. The molecule has 2 heterocycles. The van der Waals surface area contributed by atoms with E-state index >= 15 is 0 Å². The largest absolute Gasteiger partial charge is 0.393 e. The van der Waals surface area contributed by atoms with E-state index in [4.69, 9.17) is 0 Å². The van der Waals surface area contributed by atoms with Crippen LogP contribution in [0.2, 0.25) is 0 Å². The Labute approximate surface area is 123 Å². The van der Waals surface area contributed by atoms with Crippen molar-refractivity contribution in [2.45, 2.75) is 38.3 Å². The Bertz CT molecular complexity index is 657. The molecule has 1 N–H and O–H groups in total. The molecule has 0 bridgehead atoms. The van der Waals surface area contributed by atoms with Gasteiger partial charge >= 0.3 is 0 Å². The van der Waals surface area contributed by atoms with E-state index < -0.39 is 6.10 Å². The van der Waals surface area contributed by atoms with E-state index in [1.54, 1.807) is 13.1 Å². The normalized spacial score (nSPS) is 19.9. The molecule has 1 aliphatic rings. The number of aliphatic hydroxyl groups excluding tert-OH is 1. The van der Waals surface area contributed by atoms with E-state index in [0.29, 0.717) is 12.1 Å². The Morgan fingerprint density at radius 2 is 2.19 bits per heavy atom. The highest BCUT2D eigenvalue weighted by molar-refractivity contribution is 5.94. The SMILES string of the molecule is CC(O)CC1CCCN1C(=O)c1cnc2ccccc2n1. The smallest absolute Gasteiger partial charge is 0.274 e. The molecule has 0 radical (unpaired) electrons. The molecule has 21 heavy (non-hydrogen) atoms. The Morgan fingerprint density at radius 1 is 1.43 bits per heavy atom. The molecule has 2 atom stereocenters. The van der Waals surface area contributed by atoms with Crippen LogP contribution in [0.4, 0.5) is 0 Å². The Hall–Kier alpha value is -2.01. The lowest BCUT2D eigenvalue weighted by Crippen LogP contribution is -2.37. The summed E-state index contributed by atoms with van der Waals surface area (Å²) in [5, 5.41) is 9.56. The lowest BCUT2D eigenvalue weighted by molar-refractivity contribution is 0.0676. The fraction of sp³-hybridized carbons (Fsp3) is 0.438. The van der Waals surface area contributed by atoms with Crippen molar-refractivity contribution in [3.8, 4) is 0 Å². The molecule has 2 unspecified atom stereocenters. The Morgan fingerprint density at radius 3 is 2.95 bits per heavy atom. The molecule has 1 aromatic carbocycles. The van der Waals surface area contributed by atoms with Gasteiger partial charge in [-0.15, -0.1) is 0 Å². The van der Waals surface area contributed by atoms with Gasteiger partial charge < -0.3 is 10.0 Å². The lowest BCUT2D eigenvalue weighted by atomic mass is 10.1. The van der Waals surface area contributed by atoms with Gasteiger partial charge in [-0.25, -0.2) is 4.98 Å². The molecule has 1 amide bonds. The van der Waals surface area contributed by atoms with Gasteiger partial charge in [0.05, 0.1) is 23.3 Å². The fourth-order valence-electron chi connectivity index (χ4n) is 2.95. The van der Waals surface area contributed by atoms with Crippen LogP contribution in [0.15, 0.2) is 30.5 Å². The second kappa shape index (κ2) is 5.77. The van der Waals surface area contributed by atoms with Crippen LogP contribution in [-0.4, -0.2) is 44.6 Å². The number of rotatable bonds is 3. The van der Waals surface area contributed by atoms with Gasteiger partial charge in [0.25, 0.3) is 5.91 Å². The molecular formula is C16H19N3O2. The molecule has 1 aliphatic heterocycles. The number of hydrogen-bond donors (Lipinski definition) is 1. The van der Waals surface area contributed by atoms with Crippen LogP contribution in [0.25, 0.3) is 11.0 Å². The number of likely N-dealkylation sites (tertiary alicyclic amines) is 1. The van der Waals surface area contributed by atoms with Gasteiger partial charge in [0.1, 0.15) is 5.69 Å². The summed E-state index contributed by atoms with van der Waals surface area (Å²) in [6.45, 7) is 2.49. The summed E-state index contributed by atoms with van der Waals surface area (Å²) in [5.74, 6) is -0.0867. The van der Waals surface area contributed by atoms with E-state index in [-0.39, 0.29) is 11.9 Å². The first-order valence-electron chi connectivity index (χ1n) is 7.36. The molecule has 110 valence electrons. The highest BCUT2D eigenvalue weighted by Crippen LogP contribution is 2.23. The van der Waals surface area contributed by atoms with Crippen molar-refractivity contribution in [2.24, 2.45) is 0 Å². The molecule has 3 rings (SSSR count). The van der Waals surface area contributed by atoms with Gasteiger partial charge in [-0.3, -0.25) is 9.78 Å². The minimum absolute atomic E-state index is 0.0867. The highest BCUT2D eigenvalue weighted by atomic mass is 16.3. The summed E-state index contributed by atoms with van der Waals surface area (Å²) in [6.07, 6.45) is 3.68. The number of fused-ring (bicyclic) bond motifs is 1. The molecule has 1 saturated heterocycles. The molecular weight excluding hydrogens is 266 g/mol. The Kier molecular flexibility index (Phi) is 3.84. The quantitative estimate of drug-likeness (QED) is 0.936. The second-order valence-corrected chi connectivity index (χ2v) is 5.62. The summed E-state index contributed by atoms with van der Waals surface area (Å²) in [7, 11) is 0. The maximum Gasteiger partial charge on any atom is 0.274 e. The third-order valence-electron chi connectivity index (χ3n) is 3.92. The number of hydrogen-bond acceptors (Lipinski definition) is 4. The zero-order valence-electron chi connectivity index (χ0n) is 12.1. The third kappa shape index (κ3) is 2.88. The molecule has 5 heteroatoms. The van der Waals surface area contributed by atoms with Gasteiger partial charge in [-0.05, 0) is 38.3 Å². The lowest BCUT2D eigenvalue weighted by Gasteiger charge is -2.25. The first kappa shape index (κ1) is 13.9. The zero-order valence-corrected chi connectivity index (χ0v) is 12.1. The number of aliphatic hydroxyl groups is 1. The fourth-order valence-corrected chi connectivity index (χ4v) is 2.95. The summed E-state index contributed by atoms with van der Waals surface area (Å²) in [5.41, 5.74) is 1.90. The number of carbonyl (C=O) groups is 1. The van der Waals surface area contributed by atoms with Crippen LogP contribution in [0, 0.1) is 0 Å². The van der Waals surface area contributed by atoms with E-state index in [9.17, 15) is 9.90 Å². The molecule has 0 saturated carbocycles. The average Bonchev–Trinajstić information content (AvgIpc) is 2.93. The maximum atomic E-state index is 12.6. The van der Waals surface area contributed by atoms with E-state index in [2.05, 4.69) is 9.97 Å². The first-order chi connectivity index (χ1) is 10.1. The number of aromatic nitrogens is 2. The van der Waals surface area contributed by atoms with Gasteiger partial charge in [0, 0.05) is 12.6 Å². The van der Waals surface area contributed by atoms with Crippen LogP contribution in [0.1, 0.15) is 36.7 Å². The van der Waals surface area contributed by atoms with Crippen molar-refractivity contribution in [3.63, 3.8) is 0 Å². The van der Waals surface area contributed by atoms with Gasteiger partial charge in [0.2, 0.25) is 0 Å². The molecule has 1 aromatic heterocycles. The molecule has 5 nitrogen and oxygen atoms in total. The number of carbonyl (C=O) groups excluding carboxylic acids is 1. The van der Waals surface area contributed by atoms with Crippen LogP contribution in [-0.2, 0) is 0 Å². The van der Waals surface area contributed by atoms with Crippen LogP contribution in [0.3, 0.4) is 0 Å². The average molecular weight is 285 g/mol. The van der Waals surface area contributed by atoms with Crippen LogP contribution in [0.5, 0.6) is 0 Å². The molecule has 0 aliphatic carbocycles. The van der Waals surface area contributed by atoms with Crippen LogP contribution < -0.4 is 0 Å². The number of benzene rings is 1. The minimum Gasteiger partial charge on any atom is -0.393 e. The van der Waals surface area contributed by atoms with Crippen molar-refractivity contribution < 1.29 is 9.90 Å². The van der Waals surface area contributed by atoms with E-state index in [1.807, 2.05) is 29.2 Å². The molecule has 1 fully saturated rings. The van der Waals surface area contributed by atoms with Crippen molar-refractivity contribution >= 4 is 16.9 Å². The predicted octanol–water partition coefficient (Wildman–Crippen LogP) is 2.01. The monoisotopic (exact) mass is 285 g/mol. The van der Waals surface area contributed by atoms with Gasteiger partial charge in [-0.2, -0.15) is 0 Å². The summed E-state index contributed by atoms with van der Waals surface area (Å²) >= 11 is 0. The van der Waals surface area contributed by atoms with Crippen LogP contribution >= 0.6 is 0 Å². The van der Waals surface area contributed by atoms with Crippen molar-refractivity contribution in [1.29, 1.82) is 0 Å². The maximum absolute atomic E-state index is 12.6. The number of para-hydroxylation sites is 2. The van der Waals surface area contributed by atoms with Crippen molar-refractivity contribution in [1.82, 2.24) is 14.9 Å². The minimum atomic E-state index is -0.397. The summed E-state index contributed by atoms with van der Waals surface area (Å²) < 4.78 is 0. The second-order valence-electron chi connectivity index (χ2n) is 5.62. The topological polar surface area (TPSA) is 66.3 Å². The molecule has 2 aromatic rings. The van der Waals surface area contributed by atoms with Crippen molar-refractivity contribution in [2.75, 3.05) is 6.54 Å². The Balaban J connectivity index is 1.85. The summed E-state index contributed by atoms with van der Waals surface area (Å²) in [4.78, 5) is 23.2. The van der Waals surface area contributed by atoms with E-state index in [0.717, 1.165) is 30.4 Å². The summed E-state index contributed by atoms with van der Waals surface area (Å²) in [6, 6.07) is 7.62. The third-order valence-corrected chi connectivity index (χ3v) is 3.92. The zero-order chi connectivity index (χ0) is 14.8. The van der Waals surface area contributed by atoms with Gasteiger partial charge in [0.15, 0.2) is 0 Å². The first-order valence-corrected chi connectivity index (χ1v) is 7.36. The highest BCUT2D eigenvalue weighted by Gasteiger charge is 2.30. The molecule has 0 spiro atoms.